The highest BCUT2D eigenvalue weighted by Gasteiger charge is 2.10. The number of benzene rings is 3. The van der Waals surface area contributed by atoms with Crippen LogP contribution >= 0.6 is 23.2 Å². The number of ether oxygens (including phenoxy) is 1. The van der Waals surface area contributed by atoms with E-state index >= 15 is 0 Å². The van der Waals surface area contributed by atoms with Crippen molar-refractivity contribution in [1.82, 2.24) is 0 Å². The molecular formula is C22H14Cl2N2O3. The van der Waals surface area contributed by atoms with Crippen LogP contribution in [0.15, 0.2) is 66.7 Å². The molecule has 0 heterocycles. The number of nitrogens with zero attached hydrogens (tertiary/aromatic N) is 2. The highest BCUT2D eigenvalue weighted by molar-refractivity contribution is 6.31. The van der Waals surface area contributed by atoms with E-state index in [-0.39, 0.29) is 5.69 Å². The van der Waals surface area contributed by atoms with Crippen LogP contribution in [0.25, 0.3) is 11.6 Å². The molecule has 3 aromatic carbocycles. The molecule has 0 radical (unpaired) electrons. The number of non-ortho nitro benzene ring substituents is 1. The molecule has 0 fully saturated rings. The third-order valence-electron chi connectivity index (χ3n) is 4.06. The lowest BCUT2D eigenvalue weighted by Crippen LogP contribution is -1.97. The van der Waals surface area contributed by atoms with Crippen molar-refractivity contribution >= 4 is 40.5 Å². The van der Waals surface area contributed by atoms with Gasteiger partial charge in [0.05, 0.1) is 16.6 Å². The van der Waals surface area contributed by atoms with Gasteiger partial charge in [0.25, 0.3) is 5.69 Å². The minimum absolute atomic E-state index is 0.0423. The molecule has 0 saturated heterocycles. The van der Waals surface area contributed by atoms with Gasteiger partial charge in [-0.05, 0) is 59.7 Å². The third-order valence-corrected chi connectivity index (χ3v) is 4.53. The van der Waals surface area contributed by atoms with Gasteiger partial charge in [-0.3, -0.25) is 10.1 Å². The Morgan fingerprint density at radius 2 is 1.79 bits per heavy atom. The first-order chi connectivity index (χ1) is 14.0. The summed E-state index contributed by atoms with van der Waals surface area (Å²) in [5.74, 6) is 0.545. The first-order valence-corrected chi connectivity index (χ1v) is 9.25. The van der Waals surface area contributed by atoms with Crippen molar-refractivity contribution in [2.45, 2.75) is 6.61 Å². The van der Waals surface area contributed by atoms with Crippen LogP contribution in [0.1, 0.15) is 16.7 Å². The van der Waals surface area contributed by atoms with Crippen molar-refractivity contribution in [3.63, 3.8) is 0 Å². The molecule has 0 saturated carbocycles. The molecule has 0 amide bonds. The number of nitro benzene ring substituents is 1. The zero-order valence-electron chi connectivity index (χ0n) is 15.0. The van der Waals surface area contributed by atoms with Crippen LogP contribution < -0.4 is 4.74 Å². The maximum atomic E-state index is 10.8. The van der Waals surface area contributed by atoms with E-state index in [9.17, 15) is 15.4 Å². The number of halogens is 2. The van der Waals surface area contributed by atoms with Crippen molar-refractivity contribution < 1.29 is 9.66 Å². The molecule has 0 unspecified atom stereocenters. The maximum Gasteiger partial charge on any atom is 0.269 e. The second-order valence-corrected chi connectivity index (χ2v) is 6.95. The standard InChI is InChI=1S/C22H14Cl2N2O3/c23-19-3-1-2-15(10-19)14-29-22-9-6-20(24)12-17(22)11-18(13-25)16-4-7-21(8-5-16)26(27)28/h1-12H,14H2/b18-11-. The summed E-state index contributed by atoms with van der Waals surface area (Å²) >= 11 is 12.1. The van der Waals surface area contributed by atoms with Gasteiger partial charge >= 0.3 is 0 Å². The van der Waals surface area contributed by atoms with E-state index in [1.165, 1.54) is 24.3 Å². The molecule has 0 bridgehead atoms. The second-order valence-electron chi connectivity index (χ2n) is 6.07. The molecular weight excluding hydrogens is 411 g/mol. The minimum atomic E-state index is -0.488. The Morgan fingerprint density at radius 3 is 2.45 bits per heavy atom. The van der Waals surface area contributed by atoms with Gasteiger partial charge in [-0.1, -0.05) is 35.3 Å². The molecule has 3 rings (SSSR count). The Balaban J connectivity index is 1.90. The van der Waals surface area contributed by atoms with E-state index in [4.69, 9.17) is 27.9 Å². The normalized spacial score (nSPS) is 11.0. The number of rotatable bonds is 6. The van der Waals surface area contributed by atoms with Crippen LogP contribution in [0, 0.1) is 21.4 Å². The summed E-state index contributed by atoms with van der Waals surface area (Å²) in [6.45, 7) is 0.294. The lowest BCUT2D eigenvalue weighted by Gasteiger charge is -2.11. The minimum Gasteiger partial charge on any atom is -0.488 e. The SMILES string of the molecule is N#C/C(=C/c1cc(Cl)ccc1OCc1cccc(Cl)c1)c1ccc([N+](=O)[O-])cc1. The van der Waals surface area contributed by atoms with Gasteiger partial charge in [-0.25, -0.2) is 0 Å². The molecule has 3 aromatic rings. The zero-order chi connectivity index (χ0) is 20.8. The average molecular weight is 425 g/mol. The van der Waals surface area contributed by atoms with Crippen LogP contribution in [0.5, 0.6) is 5.75 Å². The molecule has 0 aliphatic heterocycles. The number of nitro groups is 1. The van der Waals surface area contributed by atoms with Crippen molar-refractivity contribution in [3.05, 3.63) is 104 Å². The number of hydrogen-bond donors (Lipinski definition) is 0. The van der Waals surface area contributed by atoms with Crippen molar-refractivity contribution in [2.75, 3.05) is 0 Å². The first-order valence-electron chi connectivity index (χ1n) is 8.49. The summed E-state index contributed by atoms with van der Waals surface area (Å²) in [4.78, 5) is 10.3. The van der Waals surface area contributed by atoms with E-state index in [2.05, 4.69) is 6.07 Å². The third kappa shape index (κ3) is 5.35. The van der Waals surface area contributed by atoms with E-state index in [1.807, 2.05) is 18.2 Å². The molecule has 29 heavy (non-hydrogen) atoms. The van der Waals surface area contributed by atoms with Gasteiger partial charge < -0.3 is 4.74 Å². The Hall–Kier alpha value is -3.33. The molecule has 0 atom stereocenters. The second kappa shape index (κ2) is 9.24. The van der Waals surface area contributed by atoms with Gasteiger partial charge in [0, 0.05) is 27.7 Å². The Labute approximate surface area is 177 Å². The molecule has 144 valence electrons. The summed E-state index contributed by atoms with van der Waals surface area (Å²) in [6.07, 6.45) is 1.64. The van der Waals surface area contributed by atoms with E-state index < -0.39 is 4.92 Å². The molecule has 0 aliphatic carbocycles. The topological polar surface area (TPSA) is 76.2 Å². The fraction of sp³-hybridized carbons (Fsp3) is 0.0455. The number of nitriles is 1. The average Bonchev–Trinajstić information content (AvgIpc) is 2.71. The van der Waals surface area contributed by atoms with Gasteiger partial charge in [0.15, 0.2) is 0 Å². The summed E-state index contributed by atoms with van der Waals surface area (Å²) in [7, 11) is 0. The van der Waals surface area contributed by atoms with Crippen LogP contribution in [-0.2, 0) is 6.61 Å². The smallest absolute Gasteiger partial charge is 0.269 e. The lowest BCUT2D eigenvalue weighted by atomic mass is 10.0. The summed E-state index contributed by atoms with van der Waals surface area (Å²) in [5.41, 5.74) is 2.36. The van der Waals surface area contributed by atoms with E-state index in [0.717, 1.165) is 5.56 Å². The van der Waals surface area contributed by atoms with Crippen molar-refractivity contribution in [1.29, 1.82) is 5.26 Å². The first kappa shape index (κ1) is 20.4. The summed E-state index contributed by atoms with van der Waals surface area (Å²) in [6, 6.07) is 20.3. The Kier molecular flexibility index (Phi) is 6.50. The van der Waals surface area contributed by atoms with Gasteiger partial charge in [0.1, 0.15) is 12.4 Å². The number of hydrogen-bond acceptors (Lipinski definition) is 4. The quantitative estimate of drug-likeness (QED) is 0.194. The Bertz CT molecular complexity index is 1120. The van der Waals surface area contributed by atoms with Crippen LogP contribution in [0.4, 0.5) is 5.69 Å². The lowest BCUT2D eigenvalue weighted by molar-refractivity contribution is -0.384. The zero-order valence-corrected chi connectivity index (χ0v) is 16.5. The van der Waals surface area contributed by atoms with Crippen molar-refractivity contribution in [2.24, 2.45) is 0 Å². The molecule has 0 aromatic heterocycles. The highest BCUT2D eigenvalue weighted by atomic mass is 35.5. The largest absolute Gasteiger partial charge is 0.488 e. The van der Waals surface area contributed by atoms with Crippen LogP contribution in [0.2, 0.25) is 10.0 Å². The van der Waals surface area contributed by atoms with Gasteiger partial charge in [0.2, 0.25) is 0 Å². The fourth-order valence-electron chi connectivity index (χ4n) is 2.65. The summed E-state index contributed by atoms with van der Waals surface area (Å²) < 4.78 is 5.90. The monoisotopic (exact) mass is 424 g/mol. The molecule has 0 spiro atoms. The maximum absolute atomic E-state index is 10.8. The number of allylic oxidation sites excluding steroid dienone is 1. The predicted molar refractivity (Wildman–Crippen MR) is 114 cm³/mol. The van der Waals surface area contributed by atoms with Crippen molar-refractivity contribution in [3.8, 4) is 11.8 Å². The molecule has 5 nitrogen and oxygen atoms in total. The van der Waals surface area contributed by atoms with Gasteiger partial charge in [-0.15, -0.1) is 0 Å². The van der Waals surface area contributed by atoms with Crippen LogP contribution in [-0.4, -0.2) is 4.92 Å². The molecule has 0 aliphatic rings. The van der Waals surface area contributed by atoms with E-state index in [0.29, 0.717) is 39.1 Å². The molecule has 0 N–H and O–H groups in total. The molecule has 7 heteroatoms. The fourth-order valence-corrected chi connectivity index (χ4v) is 3.04. The van der Waals surface area contributed by atoms with Gasteiger partial charge in [-0.2, -0.15) is 5.26 Å². The van der Waals surface area contributed by atoms with Crippen LogP contribution in [0.3, 0.4) is 0 Å². The summed E-state index contributed by atoms with van der Waals surface area (Å²) in [5, 5.41) is 21.5. The highest BCUT2D eigenvalue weighted by Crippen LogP contribution is 2.29. The predicted octanol–water partition coefficient (Wildman–Crippen LogP) is 6.54. The Morgan fingerprint density at radius 1 is 1.07 bits per heavy atom. The van der Waals surface area contributed by atoms with E-state index in [1.54, 1.807) is 30.3 Å².